The number of rotatable bonds is 3. The number of carbonyl (C=O) groups is 2. The Labute approximate surface area is 184 Å². The maximum atomic E-state index is 12.9. The normalized spacial score (nSPS) is 17.4. The van der Waals surface area contributed by atoms with Gasteiger partial charge in [0.05, 0.1) is 16.8 Å². The Hall–Kier alpha value is -3.65. The van der Waals surface area contributed by atoms with Crippen LogP contribution in [0.3, 0.4) is 0 Å². The number of pyridine rings is 1. The van der Waals surface area contributed by atoms with Gasteiger partial charge in [0.15, 0.2) is 0 Å². The number of phenols is 2. The summed E-state index contributed by atoms with van der Waals surface area (Å²) in [5, 5.41) is 31.0. The van der Waals surface area contributed by atoms with Crippen LogP contribution in [0.25, 0.3) is 22.2 Å². The van der Waals surface area contributed by atoms with E-state index in [1.165, 1.54) is 6.07 Å². The van der Waals surface area contributed by atoms with E-state index in [1.54, 1.807) is 46.2 Å². The highest BCUT2D eigenvalue weighted by molar-refractivity contribution is 5.98. The van der Waals surface area contributed by atoms with E-state index in [0.29, 0.717) is 55.8 Å². The third-order valence-electron chi connectivity index (χ3n) is 6.17. The summed E-state index contributed by atoms with van der Waals surface area (Å²) in [6.07, 6.45) is 0.999. The first-order chi connectivity index (χ1) is 15.3. The van der Waals surface area contributed by atoms with Crippen molar-refractivity contribution in [3.63, 3.8) is 0 Å². The summed E-state index contributed by atoms with van der Waals surface area (Å²) >= 11 is 0. The zero-order valence-corrected chi connectivity index (χ0v) is 17.4. The van der Waals surface area contributed by atoms with E-state index in [1.807, 2.05) is 6.07 Å². The van der Waals surface area contributed by atoms with Gasteiger partial charge in [0.2, 0.25) is 0 Å². The van der Waals surface area contributed by atoms with Crippen molar-refractivity contribution >= 4 is 22.7 Å². The van der Waals surface area contributed by atoms with Crippen LogP contribution < -0.4 is 0 Å². The van der Waals surface area contributed by atoms with Crippen LogP contribution in [0.1, 0.15) is 23.2 Å². The van der Waals surface area contributed by atoms with E-state index in [-0.39, 0.29) is 28.9 Å². The summed E-state index contributed by atoms with van der Waals surface area (Å²) in [5.74, 6) is -0.518. The standard InChI is InChI=1S/C24H23N3O5/c28-17-3-6-20-15(13-17)2-5-19(25-20)16-1-4-18(21(29)14-16)22(30)26-9-11-27(12-10-26)23(31)24(32)7-8-24/h1-6,13-14,28-29,32H,7-12H2. The quantitative estimate of drug-likeness (QED) is 0.583. The fourth-order valence-corrected chi connectivity index (χ4v) is 4.06. The molecule has 164 valence electrons. The van der Waals surface area contributed by atoms with E-state index >= 15 is 0 Å². The highest BCUT2D eigenvalue weighted by atomic mass is 16.3. The molecule has 1 aromatic heterocycles. The van der Waals surface area contributed by atoms with E-state index in [2.05, 4.69) is 4.98 Å². The van der Waals surface area contributed by atoms with Crippen LogP contribution in [-0.2, 0) is 4.79 Å². The fraction of sp³-hybridized carbons (Fsp3) is 0.292. The number of aliphatic hydroxyl groups is 1. The van der Waals surface area contributed by atoms with Crippen LogP contribution >= 0.6 is 0 Å². The third kappa shape index (κ3) is 3.62. The number of piperazine rings is 1. The molecule has 2 amide bonds. The molecule has 32 heavy (non-hydrogen) atoms. The first-order valence-corrected chi connectivity index (χ1v) is 10.6. The van der Waals surface area contributed by atoms with Gasteiger partial charge in [-0.05, 0) is 49.2 Å². The number of nitrogens with zero attached hydrogens (tertiary/aromatic N) is 3. The van der Waals surface area contributed by atoms with Crippen molar-refractivity contribution < 1.29 is 24.9 Å². The molecule has 3 aromatic rings. The molecular formula is C24H23N3O5. The van der Waals surface area contributed by atoms with Crippen LogP contribution in [0.4, 0.5) is 0 Å². The predicted octanol–water partition coefficient (Wildman–Crippen LogP) is 2.12. The average Bonchev–Trinajstić information content (AvgIpc) is 3.56. The first kappa shape index (κ1) is 20.3. The number of fused-ring (bicyclic) bond motifs is 1. The largest absolute Gasteiger partial charge is 0.508 e. The molecule has 0 atom stereocenters. The Morgan fingerprint density at radius 3 is 2.28 bits per heavy atom. The maximum Gasteiger partial charge on any atom is 0.257 e. The molecule has 2 heterocycles. The third-order valence-corrected chi connectivity index (χ3v) is 6.17. The second kappa shape index (κ2) is 7.49. The van der Waals surface area contributed by atoms with Crippen LogP contribution in [0.5, 0.6) is 11.5 Å². The highest BCUT2D eigenvalue weighted by Crippen LogP contribution is 2.37. The van der Waals surface area contributed by atoms with Crippen LogP contribution in [0.2, 0.25) is 0 Å². The first-order valence-electron chi connectivity index (χ1n) is 10.6. The molecule has 0 bridgehead atoms. The summed E-state index contributed by atoms with van der Waals surface area (Å²) < 4.78 is 0. The van der Waals surface area contributed by atoms with Crippen molar-refractivity contribution in [1.82, 2.24) is 14.8 Å². The number of amides is 2. The molecule has 0 spiro atoms. The number of hydrogen-bond acceptors (Lipinski definition) is 6. The van der Waals surface area contributed by atoms with Gasteiger partial charge in [-0.25, -0.2) is 4.98 Å². The Morgan fingerprint density at radius 2 is 1.59 bits per heavy atom. The average molecular weight is 433 g/mol. The van der Waals surface area contributed by atoms with E-state index in [0.717, 1.165) is 5.39 Å². The Kier molecular flexibility index (Phi) is 4.74. The van der Waals surface area contributed by atoms with Gasteiger partial charge in [-0.15, -0.1) is 0 Å². The summed E-state index contributed by atoms with van der Waals surface area (Å²) in [7, 11) is 0. The van der Waals surface area contributed by atoms with Crippen molar-refractivity contribution in [2.45, 2.75) is 18.4 Å². The zero-order valence-electron chi connectivity index (χ0n) is 17.4. The number of carbonyl (C=O) groups excluding carboxylic acids is 2. The Bertz CT molecular complexity index is 1230. The zero-order chi connectivity index (χ0) is 22.5. The molecule has 0 unspecified atom stereocenters. The number of hydrogen-bond donors (Lipinski definition) is 3. The van der Waals surface area contributed by atoms with Gasteiger partial charge < -0.3 is 25.1 Å². The molecule has 8 heteroatoms. The number of benzene rings is 2. The van der Waals surface area contributed by atoms with E-state index in [9.17, 15) is 24.9 Å². The fourth-order valence-electron chi connectivity index (χ4n) is 4.06. The summed E-state index contributed by atoms with van der Waals surface area (Å²) in [4.78, 5) is 33.0. The number of aromatic nitrogens is 1. The molecule has 2 aliphatic rings. The molecule has 0 radical (unpaired) electrons. The highest BCUT2D eigenvalue weighted by Gasteiger charge is 2.50. The minimum Gasteiger partial charge on any atom is -0.508 e. The van der Waals surface area contributed by atoms with E-state index in [4.69, 9.17) is 0 Å². The molecule has 2 fully saturated rings. The van der Waals surface area contributed by atoms with E-state index < -0.39 is 5.60 Å². The summed E-state index contributed by atoms with van der Waals surface area (Å²) in [5.41, 5.74) is 1.02. The minimum absolute atomic E-state index is 0.133. The van der Waals surface area contributed by atoms with Gasteiger partial charge in [0, 0.05) is 37.1 Å². The monoisotopic (exact) mass is 433 g/mol. The topological polar surface area (TPSA) is 114 Å². The SMILES string of the molecule is O=C(c1ccc(-c2ccc3cc(O)ccc3n2)cc1O)N1CCN(C(=O)C2(O)CC2)CC1. The van der Waals surface area contributed by atoms with Crippen molar-refractivity contribution in [2.75, 3.05) is 26.2 Å². The van der Waals surface area contributed by atoms with Crippen LogP contribution in [-0.4, -0.2) is 73.7 Å². The lowest BCUT2D eigenvalue weighted by molar-refractivity contribution is -0.143. The lowest BCUT2D eigenvalue weighted by atomic mass is 10.0. The van der Waals surface area contributed by atoms with Gasteiger partial charge in [0.1, 0.15) is 17.1 Å². The maximum absolute atomic E-state index is 12.9. The Morgan fingerprint density at radius 1 is 0.875 bits per heavy atom. The molecule has 1 aliphatic carbocycles. The molecule has 8 nitrogen and oxygen atoms in total. The lowest BCUT2D eigenvalue weighted by Gasteiger charge is -2.35. The minimum atomic E-state index is -1.20. The molecule has 2 aromatic carbocycles. The molecule has 1 aliphatic heterocycles. The predicted molar refractivity (Wildman–Crippen MR) is 117 cm³/mol. The Balaban J connectivity index is 1.31. The molecule has 5 rings (SSSR count). The second-order valence-electron chi connectivity index (χ2n) is 8.42. The molecule has 3 N–H and O–H groups in total. The van der Waals surface area contributed by atoms with Gasteiger partial charge in [-0.1, -0.05) is 12.1 Å². The van der Waals surface area contributed by atoms with Gasteiger partial charge in [0.25, 0.3) is 11.8 Å². The molecular weight excluding hydrogens is 410 g/mol. The van der Waals surface area contributed by atoms with Gasteiger partial charge >= 0.3 is 0 Å². The summed E-state index contributed by atoms with van der Waals surface area (Å²) in [6, 6.07) is 13.4. The smallest absolute Gasteiger partial charge is 0.257 e. The van der Waals surface area contributed by atoms with Crippen molar-refractivity contribution in [1.29, 1.82) is 0 Å². The second-order valence-corrected chi connectivity index (χ2v) is 8.42. The van der Waals surface area contributed by atoms with Crippen molar-refractivity contribution in [3.8, 4) is 22.8 Å². The molecule has 1 saturated carbocycles. The van der Waals surface area contributed by atoms with Crippen LogP contribution in [0, 0.1) is 0 Å². The van der Waals surface area contributed by atoms with Gasteiger partial charge in [-0.2, -0.15) is 0 Å². The lowest BCUT2D eigenvalue weighted by Crippen LogP contribution is -2.53. The number of aromatic hydroxyl groups is 2. The number of phenolic OH excluding ortho intramolecular Hbond substituents is 2. The van der Waals surface area contributed by atoms with Crippen LogP contribution in [0.15, 0.2) is 48.5 Å². The van der Waals surface area contributed by atoms with Crippen molar-refractivity contribution in [3.05, 3.63) is 54.1 Å². The molecule has 1 saturated heterocycles. The van der Waals surface area contributed by atoms with Crippen molar-refractivity contribution in [2.24, 2.45) is 0 Å². The summed E-state index contributed by atoms with van der Waals surface area (Å²) in [6.45, 7) is 1.42. The van der Waals surface area contributed by atoms with Gasteiger partial charge in [-0.3, -0.25) is 9.59 Å².